The van der Waals surface area contributed by atoms with Crippen LogP contribution >= 0.6 is 0 Å². The van der Waals surface area contributed by atoms with E-state index in [1.807, 2.05) is 20.8 Å². The Morgan fingerprint density at radius 3 is 2.50 bits per heavy atom. The van der Waals surface area contributed by atoms with E-state index in [0.29, 0.717) is 12.8 Å². The van der Waals surface area contributed by atoms with Crippen molar-refractivity contribution in [2.75, 3.05) is 6.54 Å². The number of β-amino-alcohol motifs (C(OH)–C–C–N with tert-alkyl or cyclic N) is 1. The molecule has 1 aliphatic heterocycles. The van der Waals surface area contributed by atoms with E-state index in [4.69, 9.17) is 4.74 Å². The van der Waals surface area contributed by atoms with Gasteiger partial charge in [0.1, 0.15) is 5.60 Å². The fraction of sp³-hybridized carbons (Fsp3) is 0.941. The number of carbonyl (C=O) groups is 1. The molecule has 0 saturated carbocycles. The van der Waals surface area contributed by atoms with Gasteiger partial charge in [-0.05, 0) is 33.6 Å². The molecular weight excluding hydrogens is 282 g/mol. The molecule has 5 heteroatoms. The van der Waals surface area contributed by atoms with E-state index in [9.17, 15) is 15.0 Å². The number of likely N-dealkylation sites (tertiary alicyclic amines) is 1. The smallest absolute Gasteiger partial charge is 0.410 e. The van der Waals surface area contributed by atoms with Gasteiger partial charge < -0.3 is 14.9 Å². The lowest BCUT2D eigenvalue weighted by Crippen LogP contribution is -2.45. The number of unbranched alkanes of at least 4 members (excludes halogenated alkanes) is 4. The molecule has 0 aromatic carbocycles. The summed E-state index contributed by atoms with van der Waals surface area (Å²) in [6.07, 6.45) is 5.15. The van der Waals surface area contributed by atoms with E-state index in [2.05, 4.69) is 6.92 Å². The van der Waals surface area contributed by atoms with Gasteiger partial charge in [0, 0.05) is 0 Å². The summed E-state index contributed by atoms with van der Waals surface area (Å²) in [5.74, 6) is 0. The molecule has 0 radical (unpaired) electrons. The van der Waals surface area contributed by atoms with Gasteiger partial charge in [-0.25, -0.2) is 4.79 Å². The number of nitrogens with zero attached hydrogens (tertiary/aromatic N) is 1. The van der Waals surface area contributed by atoms with Gasteiger partial charge in [-0.3, -0.25) is 4.90 Å². The van der Waals surface area contributed by atoms with Crippen molar-refractivity contribution in [2.45, 2.75) is 96.5 Å². The van der Waals surface area contributed by atoms with Crippen LogP contribution in [0.3, 0.4) is 0 Å². The molecule has 1 amide bonds. The summed E-state index contributed by atoms with van der Waals surface area (Å²) in [4.78, 5) is 13.7. The van der Waals surface area contributed by atoms with Gasteiger partial charge in [-0.15, -0.1) is 0 Å². The van der Waals surface area contributed by atoms with Crippen LogP contribution in [0.1, 0.15) is 72.6 Å². The fourth-order valence-corrected chi connectivity index (χ4v) is 2.89. The van der Waals surface area contributed by atoms with Crippen LogP contribution in [0.25, 0.3) is 0 Å². The molecule has 0 aromatic rings. The Balaban J connectivity index is 2.49. The molecule has 22 heavy (non-hydrogen) atoms. The first-order valence-electron chi connectivity index (χ1n) is 8.60. The summed E-state index contributed by atoms with van der Waals surface area (Å²) >= 11 is 0. The fourth-order valence-electron chi connectivity index (χ4n) is 2.89. The zero-order chi connectivity index (χ0) is 16.8. The second kappa shape index (κ2) is 8.73. The predicted octanol–water partition coefficient (Wildman–Crippen LogP) is 3.08. The highest BCUT2D eigenvalue weighted by Gasteiger charge is 2.40. The second-order valence-corrected chi connectivity index (χ2v) is 7.36. The monoisotopic (exact) mass is 315 g/mol. The topological polar surface area (TPSA) is 70.0 Å². The Morgan fingerprint density at radius 1 is 1.27 bits per heavy atom. The van der Waals surface area contributed by atoms with E-state index in [-0.39, 0.29) is 12.6 Å². The Morgan fingerprint density at radius 2 is 1.91 bits per heavy atom. The largest absolute Gasteiger partial charge is 0.444 e. The Hall–Kier alpha value is -0.810. The van der Waals surface area contributed by atoms with E-state index < -0.39 is 23.9 Å². The second-order valence-electron chi connectivity index (χ2n) is 7.36. The SMILES string of the molecule is CCCCCCCC(O)C1C[C@@H](O)CN1C(=O)OC(C)(C)C. The van der Waals surface area contributed by atoms with E-state index in [0.717, 1.165) is 12.8 Å². The van der Waals surface area contributed by atoms with Crippen molar-refractivity contribution in [3.8, 4) is 0 Å². The molecule has 2 N–H and O–H groups in total. The van der Waals surface area contributed by atoms with Crippen LogP contribution in [-0.2, 0) is 4.74 Å². The first kappa shape index (κ1) is 19.2. The maximum absolute atomic E-state index is 12.2. The predicted molar refractivity (Wildman–Crippen MR) is 86.7 cm³/mol. The third-order valence-electron chi connectivity index (χ3n) is 4.00. The number of ether oxygens (including phenoxy) is 1. The van der Waals surface area contributed by atoms with Gasteiger partial charge in [0.25, 0.3) is 0 Å². The summed E-state index contributed by atoms with van der Waals surface area (Å²) in [5.41, 5.74) is -0.569. The van der Waals surface area contributed by atoms with Crippen molar-refractivity contribution in [1.82, 2.24) is 4.90 Å². The highest BCUT2D eigenvalue weighted by Crippen LogP contribution is 2.25. The summed E-state index contributed by atoms with van der Waals surface area (Å²) < 4.78 is 5.37. The molecule has 1 aliphatic rings. The van der Waals surface area contributed by atoms with Gasteiger partial charge in [0.2, 0.25) is 0 Å². The summed E-state index contributed by atoms with van der Waals surface area (Å²) in [7, 11) is 0. The molecule has 0 aromatic heterocycles. The molecule has 1 rings (SSSR count). The Bertz CT molecular complexity index is 340. The van der Waals surface area contributed by atoms with E-state index >= 15 is 0 Å². The average molecular weight is 315 g/mol. The van der Waals surface area contributed by atoms with Crippen molar-refractivity contribution in [2.24, 2.45) is 0 Å². The van der Waals surface area contributed by atoms with Gasteiger partial charge in [-0.2, -0.15) is 0 Å². The van der Waals surface area contributed by atoms with Crippen molar-refractivity contribution >= 4 is 6.09 Å². The standard InChI is InChI=1S/C17H33NO4/c1-5-6-7-8-9-10-15(20)14-11-13(19)12-18(14)16(21)22-17(2,3)4/h13-15,19-20H,5-12H2,1-4H3/t13-,14?,15?/m1/s1. The Labute approximate surface area is 134 Å². The zero-order valence-corrected chi connectivity index (χ0v) is 14.5. The number of hydrogen-bond donors (Lipinski definition) is 2. The molecule has 0 spiro atoms. The normalized spacial score (nSPS) is 23.6. The minimum absolute atomic E-state index is 0.243. The molecule has 1 saturated heterocycles. The molecular formula is C17H33NO4. The third kappa shape index (κ3) is 6.53. The van der Waals surface area contributed by atoms with Gasteiger partial charge in [0.05, 0.1) is 24.8 Å². The van der Waals surface area contributed by atoms with Crippen LogP contribution in [-0.4, -0.2) is 51.6 Å². The molecule has 1 heterocycles. The molecule has 2 unspecified atom stereocenters. The van der Waals surface area contributed by atoms with Crippen LogP contribution in [0.4, 0.5) is 4.79 Å². The summed E-state index contributed by atoms with van der Waals surface area (Å²) in [5, 5.41) is 20.2. The average Bonchev–Trinajstić information content (AvgIpc) is 2.78. The summed E-state index contributed by atoms with van der Waals surface area (Å²) in [6.45, 7) is 7.86. The zero-order valence-electron chi connectivity index (χ0n) is 14.5. The lowest BCUT2D eigenvalue weighted by Gasteiger charge is -2.30. The molecule has 1 fully saturated rings. The van der Waals surface area contributed by atoms with Crippen molar-refractivity contribution in [1.29, 1.82) is 0 Å². The molecule has 130 valence electrons. The third-order valence-corrected chi connectivity index (χ3v) is 4.00. The number of amides is 1. The minimum Gasteiger partial charge on any atom is -0.444 e. The lowest BCUT2D eigenvalue weighted by molar-refractivity contribution is 0.00309. The molecule has 0 bridgehead atoms. The van der Waals surface area contributed by atoms with Gasteiger partial charge >= 0.3 is 6.09 Å². The first-order chi connectivity index (χ1) is 10.2. The Kier molecular flexibility index (Phi) is 7.63. The maximum atomic E-state index is 12.2. The van der Waals surface area contributed by atoms with Crippen LogP contribution in [0, 0.1) is 0 Å². The van der Waals surface area contributed by atoms with Crippen LogP contribution in [0.15, 0.2) is 0 Å². The highest BCUT2D eigenvalue weighted by molar-refractivity contribution is 5.69. The first-order valence-corrected chi connectivity index (χ1v) is 8.60. The van der Waals surface area contributed by atoms with Crippen LogP contribution in [0.5, 0.6) is 0 Å². The molecule has 5 nitrogen and oxygen atoms in total. The molecule has 0 aliphatic carbocycles. The lowest BCUT2D eigenvalue weighted by atomic mass is 10.0. The van der Waals surface area contributed by atoms with Crippen molar-refractivity contribution < 1.29 is 19.7 Å². The number of aliphatic hydroxyl groups is 2. The number of carbonyl (C=O) groups excluding carboxylic acids is 1. The van der Waals surface area contributed by atoms with Crippen molar-refractivity contribution in [3.05, 3.63) is 0 Å². The van der Waals surface area contributed by atoms with E-state index in [1.54, 1.807) is 0 Å². The minimum atomic E-state index is -0.591. The number of hydrogen-bond acceptors (Lipinski definition) is 4. The van der Waals surface area contributed by atoms with Crippen LogP contribution < -0.4 is 0 Å². The molecule has 3 atom stereocenters. The quantitative estimate of drug-likeness (QED) is 0.708. The van der Waals surface area contributed by atoms with Gasteiger partial charge in [-0.1, -0.05) is 39.0 Å². The van der Waals surface area contributed by atoms with Crippen molar-refractivity contribution in [3.63, 3.8) is 0 Å². The highest BCUT2D eigenvalue weighted by atomic mass is 16.6. The van der Waals surface area contributed by atoms with Gasteiger partial charge in [0.15, 0.2) is 0 Å². The van der Waals surface area contributed by atoms with Crippen LogP contribution in [0.2, 0.25) is 0 Å². The number of rotatable bonds is 7. The van der Waals surface area contributed by atoms with E-state index in [1.165, 1.54) is 24.2 Å². The summed E-state index contributed by atoms with van der Waals surface area (Å²) in [6, 6.07) is -0.337. The number of aliphatic hydroxyl groups excluding tert-OH is 2. The maximum Gasteiger partial charge on any atom is 0.410 e.